The number of carbonyl (C=O) groups excluding carboxylic acids is 2. The van der Waals surface area contributed by atoms with E-state index in [0.717, 1.165) is 4.90 Å². The van der Waals surface area contributed by atoms with Gasteiger partial charge in [0.1, 0.15) is 0 Å². The van der Waals surface area contributed by atoms with Crippen molar-refractivity contribution >= 4 is 39.3 Å². The Morgan fingerprint density at radius 1 is 1.07 bits per heavy atom. The predicted octanol–water partition coefficient (Wildman–Crippen LogP) is 3.23. The molecule has 0 aliphatic rings. The molecule has 0 spiro atoms. The Morgan fingerprint density at radius 2 is 1.76 bits per heavy atom. The second kappa shape index (κ2) is 10.4. The second-order valence-electron chi connectivity index (χ2n) is 5.94. The molecular weight excluding hydrogens is 412 g/mol. The highest BCUT2D eigenvalue weighted by atomic mass is 32.2. The van der Waals surface area contributed by atoms with Crippen molar-refractivity contribution in [1.29, 1.82) is 0 Å². The number of nitrogens with one attached hydrogen (secondary N) is 1. The monoisotopic (exact) mass is 436 g/mol. The van der Waals surface area contributed by atoms with Crippen molar-refractivity contribution in [3.05, 3.63) is 54.1 Å². The van der Waals surface area contributed by atoms with E-state index in [1.165, 1.54) is 40.3 Å². The Kier molecular flexibility index (Phi) is 8.24. The van der Waals surface area contributed by atoms with Gasteiger partial charge in [0.15, 0.2) is 6.61 Å². The number of nitrogens with zero attached hydrogens (tertiary/aromatic N) is 1. The number of benzene rings is 2. The van der Waals surface area contributed by atoms with Crippen LogP contribution in [0, 0.1) is 0 Å². The van der Waals surface area contributed by atoms with E-state index in [0.29, 0.717) is 18.8 Å². The zero-order valence-corrected chi connectivity index (χ0v) is 18.2. The van der Waals surface area contributed by atoms with E-state index >= 15 is 0 Å². The van der Waals surface area contributed by atoms with E-state index in [1.54, 1.807) is 26.0 Å². The van der Waals surface area contributed by atoms with Gasteiger partial charge in [-0.15, -0.1) is 11.8 Å². The maximum absolute atomic E-state index is 12.6. The number of ether oxygens (including phenoxy) is 1. The number of hydrogen-bond donors (Lipinski definition) is 1. The van der Waals surface area contributed by atoms with Gasteiger partial charge in [-0.25, -0.2) is 13.2 Å². The van der Waals surface area contributed by atoms with Crippen LogP contribution in [0.4, 0.5) is 5.69 Å². The highest BCUT2D eigenvalue weighted by molar-refractivity contribution is 7.98. The van der Waals surface area contributed by atoms with E-state index in [1.807, 2.05) is 18.4 Å². The molecule has 9 heteroatoms. The first-order chi connectivity index (χ1) is 13.8. The topological polar surface area (TPSA) is 92.8 Å². The number of sulfonamides is 1. The van der Waals surface area contributed by atoms with Crippen LogP contribution >= 0.6 is 11.8 Å². The van der Waals surface area contributed by atoms with Gasteiger partial charge in [-0.3, -0.25) is 4.79 Å². The third kappa shape index (κ3) is 5.81. The number of rotatable bonds is 9. The van der Waals surface area contributed by atoms with E-state index in [2.05, 4.69) is 5.32 Å². The molecule has 0 saturated carbocycles. The van der Waals surface area contributed by atoms with Crippen LogP contribution in [-0.4, -0.2) is 50.6 Å². The number of hydrogen-bond acceptors (Lipinski definition) is 6. The molecule has 2 aromatic rings. The lowest BCUT2D eigenvalue weighted by Gasteiger charge is -2.18. The molecule has 0 aromatic heterocycles. The number of esters is 1. The van der Waals surface area contributed by atoms with Crippen LogP contribution in [0.5, 0.6) is 0 Å². The lowest BCUT2D eigenvalue weighted by molar-refractivity contribution is -0.119. The van der Waals surface area contributed by atoms with Gasteiger partial charge in [0.2, 0.25) is 10.0 Å². The fourth-order valence-corrected chi connectivity index (χ4v) is 4.70. The highest BCUT2D eigenvalue weighted by Crippen LogP contribution is 2.24. The number of anilines is 1. The summed E-state index contributed by atoms with van der Waals surface area (Å²) in [6, 6.07) is 12.9. The summed E-state index contributed by atoms with van der Waals surface area (Å²) in [5.74, 6) is -1.25. The maximum Gasteiger partial charge on any atom is 0.338 e. The molecule has 2 rings (SSSR count). The Balaban J connectivity index is 2.05. The van der Waals surface area contributed by atoms with Gasteiger partial charge in [-0.05, 0) is 36.6 Å². The molecule has 1 amide bonds. The quantitative estimate of drug-likeness (QED) is 0.479. The van der Waals surface area contributed by atoms with Crippen LogP contribution in [-0.2, 0) is 19.6 Å². The van der Waals surface area contributed by atoms with Crippen molar-refractivity contribution in [3.63, 3.8) is 0 Å². The number of amides is 1. The summed E-state index contributed by atoms with van der Waals surface area (Å²) in [5, 5.41) is 2.69. The van der Waals surface area contributed by atoms with Crippen molar-refractivity contribution in [1.82, 2.24) is 4.31 Å². The molecule has 0 atom stereocenters. The molecule has 7 nitrogen and oxygen atoms in total. The van der Waals surface area contributed by atoms with Crippen LogP contribution in [0.2, 0.25) is 0 Å². The summed E-state index contributed by atoms with van der Waals surface area (Å²) in [6.45, 7) is 3.66. The van der Waals surface area contributed by atoms with Gasteiger partial charge in [-0.1, -0.05) is 32.0 Å². The summed E-state index contributed by atoms with van der Waals surface area (Å²) in [6.07, 6.45) is 1.89. The fourth-order valence-electron chi connectivity index (χ4n) is 2.64. The van der Waals surface area contributed by atoms with Crippen LogP contribution in [0.3, 0.4) is 0 Å². The third-order valence-corrected chi connectivity index (χ3v) is 6.97. The number of thioether (sulfide) groups is 1. The van der Waals surface area contributed by atoms with Crippen molar-refractivity contribution in [3.8, 4) is 0 Å². The number of para-hydroxylation sites is 1. The molecule has 0 aliphatic heterocycles. The first kappa shape index (κ1) is 22.9. The summed E-state index contributed by atoms with van der Waals surface area (Å²) in [5.41, 5.74) is 0.698. The van der Waals surface area contributed by atoms with Crippen LogP contribution in [0.25, 0.3) is 0 Å². The largest absolute Gasteiger partial charge is 0.452 e. The molecule has 0 saturated heterocycles. The number of carbonyl (C=O) groups is 2. The van der Waals surface area contributed by atoms with Gasteiger partial charge in [0, 0.05) is 18.0 Å². The van der Waals surface area contributed by atoms with E-state index in [4.69, 9.17) is 4.74 Å². The minimum Gasteiger partial charge on any atom is -0.452 e. The molecule has 29 heavy (non-hydrogen) atoms. The summed E-state index contributed by atoms with van der Waals surface area (Å²) >= 11 is 1.49. The molecule has 0 unspecified atom stereocenters. The molecule has 0 aliphatic carbocycles. The van der Waals surface area contributed by atoms with Gasteiger partial charge in [0.05, 0.1) is 16.1 Å². The second-order valence-corrected chi connectivity index (χ2v) is 8.73. The minimum absolute atomic E-state index is 0.00833. The van der Waals surface area contributed by atoms with Crippen molar-refractivity contribution < 1.29 is 22.7 Å². The molecular formula is C20H24N2O5S2. The average Bonchev–Trinajstić information content (AvgIpc) is 2.73. The zero-order chi connectivity index (χ0) is 21.4. The van der Waals surface area contributed by atoms with Gasteiger partial charge in [0.25, 0.3) is 5.91 Å². The Bertz CT molecular complexity index is 972. The molecule has 156 valence electrons. The van der Waals surface area contributed by atoms with Crippen LogP contribution in [0.15, 0.2) is 58.3 Å². The Labute approximate surface area is 175 Å². The first-order valence-corrected chi connectivity index (χ1v) is 11.7. The van der Waals surface area contributed by atoms with E-state index < -0.39 is 28.5 Å². The summed E-state index contributed by atoms with van der Waals surface area (Å²) in [7, 11) is -3.69. The molecule has 0 heterocycles. The maximum atomic E-state index is 12.6. The minimum atomic E-state index is -3.69. The highest BCUT2D eigenvalue weighted by Gasteiger charge is 2.23. The van der Waals surface area contributed by atoms with Crippen molar-refractivity contribution in [2.75, 3.05) is 31.3 Å². The summed E-state index contributed by atoms with van der Waals surface area (Å²) < 4.78 is 31.6. The molecule has 2 aromatic carbocycles. The van der Waals surface area contributed by atoms with Gasteiger partial charge in [-0.2, -0.15) is 4.31 Å². The smallest absolute Gasteiger partial charge is 0.338 e. The Morgan fingerprint density at radius 3 is 2.41 bits per heavy atom. The van der Waals surface area contributed by atoms with Crippen molar-refractivity contribution in [2.24, 2.45) is 0 Å². The Hall–Kier alpha value is -2.36. The van der Waals surface area contributed by atoms with E-state index in [9.17, 15) is 18.0 Å². The SMILES string of the molecule is CCN(CC)S(=O)(=O)c1cccc(C(=O)OCC(=O)Nc2ccccc2SC)c1. The zero-order valence-electron chi connectivity index (χ0n) is 16.5. The average molecular weight is 437 g/mol. The normalized spacial score (nSPS) is 11.3. The summed E-state index contributed by atoms with van der Waals surface area (Å²) in [4.78, 5) is 25.3. The lowest BCUT2D eigenvalue weighted by atomic mass is 10.2. The van der Waals surface area contributed by atoms with Gasteiger partial charge >= 0.3 is 5.97 Å². The molecule has 1 N–H and O–H groups in total. The molecule has 0 radical (unpaired) electrons. The molecule has 0 bridgehead atoms. The first-order valence-electron chi connectivity index (χ1n) is 9.03. The third-order valence-electron chi connectivity index (χ3n) is 4.13. The lowest BCUT2D eigenvalue weighted by Crippen LogP contribution is -2.30. The predicted molar refractivity (Wildman–Crippen MR) is 114 cm³/mol. The van der Waals surface area contributed by atoms with Crippen LogP contribution < -0.4 is 5.32 Å². The van der Waals surface area contributed by atoms with Crippen molar-refractivity contribution in [2.45, 2.75) is 23.6 Å². The van der Waals surface area contributed by atoms with E-state index in [-0.39, 0.29) is 10.5 Å². The van der Waals surface area contributed by atoms with Crippen LogP contribution in [0.1, 0.15) is 24.2 Å². The standard InChI is InChI=1S/C20H24N2O5S2/c1-4-22(5-2)29(25,26)16-10-8-9-15(13-16)20(24)27-14-19(23)21-17-11-6-7-12-18(17)28-3/h6-13H,4-5,14H2,1-3H3,(H,21,23). The van der Waals surface area contributed by atoms with Gasteiger partial charge < -0.3 is 10.1 Å². The fraction of sp³-hybridized carbons (Fsp3) is 0.300. The molecule has 0 fully saturated rings.